The molecule has 108 valence electrons. The maximum absolute atomic E-state index is 5.50. The van der Waals surface area contributed by atoms with E-state index < -0.39 is 0 Å². The average molecular weight is 274 g/mol. The maximum Gasteiger partial charge on any atom is 0.141 e. The molecule has 1 aromatic heterocycles. The number of hydrogen-bond donors (Lipinski definition) is 1. The lowest BCUT2D eigenvalue weighted by Gasteiger charge is -2.10. The number of rotatable bonds is 7. The Kier molecular flexibility index (Phi) is 5.12. The zero-order chi connectivity index (χ0) is 14.4. The highest BCUT2D eigenvalue weighted by molar-refractivity contribution is 5.28. The molecule has 0 aliphatic carbocycles. The molecule has 1 N–H and O–H groups in total. The van der Waals surface area contributed by atoms with E-state index in [1.807, 2.05) is 23.7 Å². The standard InChI is InChI=1S/C15H22N4O/c1-4-20-14-7-5-6-13(8-14)9-16-10-15-17-11-18-19(15)12(2)3/h5-8,11-12,16H,4,9-10H2,1-3H3. The van der Waals surface area contributed by atoms with Crippen LogP contribution >= 0.6 is 0 Å². The maximum atomic E-state index is 5.50. The Labute approximate surface area is 120 Å². The molecule has 0 aliphatic rings. The van der Waals surface area contributed by atoms with Gasteiger partial charge in [0.25, 0.3) is 0 Å². The summed E-state index contributed by atoms with van der Waals surface area (Å²) in [6.45, 7) is 8.37. The number of hydrogen-bond acceptors (Lipinski definition) is 4. The molecule has 0 saturated heterocycles. The van der Waals surface area contributed by atoms with Crippen LogP contribution in [0.5, 0.6) is 5.75 Å². The minimum absolute atomic E-state index is 0.329. The fourth-order valence-electron chi connectivity index (χ4n) is 2.06. The highest BCUT2D eigenvalue weighted by Crippen LogP contribution is 2.13. The molecule has 0 bridgehead atoms. The molecule has 5 nitrogen and oxygen atoms in total. The Morgan fingerprint density at radius 2 is 2.15 bits per heavy atom. The van der Waals surface area contributed by atoms with Crippen molar-refractivity contribution >= 4 is 0 Å². The van der Waals surface area contributed by atoms with Crippen LogP contribution in [0.1, 0.15) is 38.2 Å². The zero-order valence-electron chi connectivity index (χ0n) is 12.3. The van der Waals surface area contributed by atoms with Gasteiger partial charge in [-0.15, -0.1) is 0 Å². The van der Waals surface area contributed by atoms with E-state index in [4.69, 9.17) is 4.74 Å². The van der Waals surface area contributed by atoms with Crippen LogP contribution in [0.2, 0.25) is 0 Å². The summed E-state index contributed by atoms with van der Waals surface area (Å²) in [6, 6.07) is 8.46. The number of ether oxygens (including phenoxy) is 1. The first-order chi connectivity index (χ1) is 9.70. The van der Waals surface area contributed by atoms with Crippen LogP contribution in [-0.2, 0) is 13.1 Å². The van der Waals surface area contributed by atoms with Gasteiger partial charge in [0, 0.05) is 12.6 Å². The SMILES string of the molecule is CCOc1cccc(CNCc2ncnn2C(C)C)c1. The first kappa shape index (κ1) is 14.5. The third kappa shape index (κ3) is 3.81. The number of nitrogens with zero attached hydrogens (tertiary/aromatic N) is 3. The summed E-state index contributed by atoms with van der Waals surface area (Å²) in [5.74, 6) is 1.87. The smallest absolute Gasteiger partial charge is 0.141 e. The quantitative estimate of drug-likeness (QED) is 0.843. The molecule has 0 fully saturated rings. The first-order valence-electron chi connectivity index (χ1n) is 7.01. The molecule has 0 amide bonds. The molecular weight excluding hydrogens is 252 g/mol. The molecule has 0 spiro atoms. The summed E-state index contributed by atoms with van der Waals surface area (Å²) in [4.78, 5) is 4.28. The lowest BCUT2D eigenvalue weighted by Crippen LogP contribution is -2.18. The van der Waals surface area contributed by atoms with Gasteiger partial charge >= 0.3 is 0 Å². The lowest BCUT2D eigenvalue weighted by molar-refractivity contribution is 0.340. The second-order valence-electron chi connectivity index (χ2n) is 4.90. The van der Waals surface area contributed by atoms with Crippen LogP contribution < -0.4 is 10.1 Å². The van der Waals surface area contributed by atoms with Crippen molar-refractivity contribution in [1.82, 2.24) is 20.1 Å². The summed E-state index contributed by atoms with van der Waals surface area (Å²) >= 11 is 0. The molecule has 2 rings (SSSR count). The fourth-order valence-corrected chi connectivity index (χ4v) is 2.06. The Balaban J connectivity index is 1.89. The van der Waals surface area contributed by atoms with Gasteiger partial charge in [-0.3, -0.25) is 0 Å². The van der Waals surface area contributed by atoms with Crippen molar-refractivity contribution in [3.05, 3.63) is 42.0 Å². The van der Waals surface area contributed by atoms with Crippen molar-refractivity contribution in [2.45, 2.75) is 39.9 Å². The van der Waals surface area contributed by atoms with E-state index in [-0.39, 0.29) is 0 Å². The van der Waals surface area contributed by atoms with Gasteiger partial charge in [0.1, 0.15) is 17.9 Å². The summed E-state index contributed by atoms with van der Waals surface area (Å²) in [5.41, 5.74) is 1.20. The van der Waals surface area contributed by atoms with Gasteiger partial charge in [-0.05, 0) is 38.5 Å². The molecule has 1 heterocycles. The highest BCUT2D eigenvalue weighted by Gasteiger charge is 2.06. The van der Waals surface area contributed by atoms with Crippen molar-refractivity contribution in [1.29, 1.82) is 0 Å². The van der Waals surface area contributed by atoms with E-state index in [1.165, 1.54) is 5.56 Å². The number of benzene rings is 1. The molecule has 0 saturated carbocycles. The van der Waals surface area contributed by atoms with Gasteiger partial charge < -0.3 is 10.1 Å². The van der Waals surface area contributed by atoms with Gasteiger partial charge in [0.05, 0.1) is 13.2 Å². The number of nitrogens with one attached hydrogen (secondary N) is 1. The fraction of sp³-hybridized carbons (Fsp3) is 0.467. The Morgan fingerprint density at radius 3 is 2.90 bits per heavy atom. The first-order valence-corrected chi connectivity index (χ1v) is 7.01. The average Bonchev–Trinajstić information content (AvgIpc) is 2.88. The van der Waals surface area contributed by atoms with Crippen molar-refractivity contribution in [3.8, 4) is 5.75 Å². The van der Waals surface area contributed by atoms with Crippen LogP contribution in [0, 0.1) is 0 Å². The van der Waals surface area contributed by atoms with E-state index >= 15 is 0 Å². The van der Waals surface area contributed by atoms with Crippen LogP contribution in [0.15, 0.2) is 30.6 Å². The van der Waals surface area contributed by atoms with Gasteiger partial charge in [-0.1, -0.05) is 12.1 Å². The normalized spacial score (nSPS) is 11.0. The van der Waals surface area contributed by atoms with Crippen molar-refractivity contribution in [3.63, 3.8) is 0 Å². The highest BCUT2D eigenvalue weighted by atomic mass is 16.5. The summed E-state index contributed by atoms with van der Waals surface area (Å²) in [5, 5.41) is 7.62. The second-order valence-corrected chi connectivity index (χ2v) is 4.90. The van der Waals surface area contributed by atoms with Gasteiger partial charge in [0.2, 0.25) is 0 Å². The molecule has 20 heavy (non-hydrogen) atoms. The zero-order valence-corrected chi connectivity index (χ0v) is 12.3. The van der Waals surface area contributed by atoms with E-state index in [2.05, 4.69) is 41.4 Å². The molecule has 0 aliphatic heterocycles. The largest absolute Gasteiger partial charge is 0.494 e. The Morgan fingerprint density at radius 1 is 1.30 bits per heavy atom. The van der Waals surface area contributed by atoms with Crippen LogP contribution in [0.3, 0.4) is 0 Å². The second kappa shape index (κ2) is 7.05. The molecule has 0 atom stereocenters. The van der Waals surface area contributed by atoms with Gasteiger partial charge in [0.15, 0.2) is 0 Å². The van der Waals surface area contributed by atoms with Crippen LogP contribution in [-0.4, -0.2) is 21.4 Å². The van der Waals surface area contributed by atoms with E-state index in [1.54, 1.807) is 6.33 Å². The Hall–Kier alpha value is -1.88. The third-order valence-electron chi connectivity index (χ3n) is 2.96. The van der Waals surface area contributed by atoms with Gasteiger partial charge in [-0.25, -0.2) is 9.67 Å². The van der Waals surface area contributed by atoms with Crippen LogP contribution in [0.4, 0.5) is 0 Å². The molecule has 0 unspecified atom stereocenters. The van der Waals surface area contributed by atoms with E-state index in [9.17, 15) is 0 Å². The third-order valence-corrected chi connectivity index (χ3v) is 2.96. The molecule has 2 aromatic rings. The van der Waals surface area contributed by atoms with Crippen molar-refractivity contribution in [2.75, 3.05) is 6.61 Å². The van der Waals surface area contributed by atoms with Crippen molar-refractivity contribution in [2.24, 2.45) is 0 Å². The predicted molar refractivity (Wildman–Crippen MR) is 78.6 cm³/mol. The predicted octanol–water partition coefficient (Wildman–Crippen LogP) is 2.55. The minimum Gasteiger partial charge on any atom is -0.494 e. The summed E-state index contributed by atoms with van der Waals surface area (Å²) < 4.78 is 7.43. The topological polar surface area (TPSA) is 52.0 Å². The molecule has 0 radical (unpaired) electrons. The minimum atomic E-state index is 0.329. The lowest BCUT2D eigenvalue weighted by atomic mass is 10.2. The van der Waals surface area contributed by atoms with E-state index in [0.29, 0.717) is 19.2 Å². The number of aromatic nitrogens is 3. The van der Waals surface area contributed by atoms with Gasteiger partial charge in [-0.2, -0.15) is 5.10 Å². The summed E-state index contributed by atoms with van der Waals surface area (Å²) in [6.07, 6.45) is 1.60. The van der Waals surface area contributed by atoms with Crippen molar-refractivity contribution < 1.29 is 4.74 Å². The molecular formula is C15H22N4O. The van der Waals surface area contributed by atoms with E-state index in [0.717, 1.165) is 18.1 Å². The molecule has 5 heteroatoms. The Bertz CT molecular complexity index is 536. The monoisotopic (exact) mass is 274 g/mol. The molecule has 1 aromatic carbocycles. The summed E-state index contributed by atoms with van der Waals surface area (Å²) in [7, 11) is 0. The van der Waals surface area contributed by atoms with Crippen LogP contribution in [0.25, 0.3) is 0 Å².